The summed E-state index contributed by atoms with van der Waals surface area (Å²) >= 11 is 0. The van der Waals surface area contributed by atoms with Crippen LogP contribution in [0.25, 0.3) is 0 Å². The third-order valence-electron chi connectivity index (χ3n) is 3.62. The van der Waals surface area contributed by atoms with E-state index in [1.807, 2.05) is 6.07 Å². The number of rotatable bonds is 4. The summed E-state index contributed by atoms with van der Waals surface area (Å²) in [6, 6.07) is 10.1. The first kappa shape index (κ1) is 16.7. The van der Waals surface area contributed by atoms with Crippen molar-refractivity contribution in [2.75, 3.05) is 18.4 Å². The topological polar surface area (TPSA) is 85.2 Å². The van der Waals surface area contributed by atoms with Gasteiger partial charge in [0, 0.05) is 5.69 Å². The molecule has 0 saturated carbocycles. The number of likely N-dealkylation sites (tertiary alicyclic amines) is 1. The zero-order valence-electron chi connectivity index (χ0n) is 13.1. The van der Waals surface area contributed by atoms with E-state index < -0.39 is 17.2 Å². The molecule has 0 aromatic heterocycles. The summed E-state index contributed by atoms with van der Waals surface area (Å²) in [7, 11) is 0. The van der Waals surface area contributed by atoms with Gasteiger partial charge in [-0.25, -0.2) is 9.18 Å². The molecule has 1 aromatic carbocycles. The van der Waals surface area contributed by atoms with Gasteiger partial charge in [0.25, 0.3) is 0 Å². The second-order valence-electron chi connectivity index (χ2n) is 6.22. The summed E-state index contributed by atoms with van der Waals surface area (Å²) in [5.74, 6) is -0.382. The fourth-order valence-electron chi connectivity index (χ4n) is 2.45. The fraction of sp³-hybridized carbons (Fsp3) is 0.438. The molecule has 122 valence electrons. The number of hydrogen-bond acceptors (Lipinski definition) is 3. The first-order valence-corrected chi connectivity index (χ1v) is 7.25. The zero-order valence-corrected chi connectivity index (χ0v) is 13.1. The Kier molecular flexibility index (Phi) is 4.55. The van der Waals surface area contributed by atoms with E-state index in [1.54, 1.807) is 44.2 Å². The minimum Gasteiger partial charge on any atom is -0.334 e. The Hall–Kier alpha value is -2.62. The van der Waals surface area contributed by atoms with Crippen molar-refractivity contribution >= 4 is 17.6 Å². The Morgan fingerprint density at radius 2 is 1.96 bits per heavy atom. The van der Waals surface area contributed by atoms with Crippen LogP contribution in [0.5, 0.6) is 0 Å². The van der Waals surface area contributed by atoms with E-state index in [4.69, 9.17) is 5.26 Å². The number of halogens is 1. The predicted molar refractivity (Wildman–Crippen MR) is 83.3 cm³/mol. The third-order valence-corrected chi connectivity index (χ3v) is 3.62. The number of alkyl halides is 1. The van der Waals surface area contributed by atoms with Crippen molar-refractivity contribution < 1.29 is 14.0 Å². The Morgan fingerprint density at radius 1 is 1.35 bits per heavy atom. The highest BCUT2D eigenvalue weighted by Crippen LogP contribution is 2.30. The highest BCUT2D eigenvalue weighted by molar-refractivity contribution is 5.95. The van der Waals surface area contributed by atoms with Crippen LogP contribution in [0.4, 0.5) is 14.9 Å². The summed E-state index contributed by atoms with van der Waals surface area (Å²) in [6.07, 6.45) is -0.237. The van der Waals surface area contributed by atoms with Gasteiger partial charge in [-0.05, 0) is 26.0 Å². The van der Waals surface area contributed by atoms with Gasteiger partial charge < -0.3 is 15.5 Å². The van der Waals surface area contributed by atoms with Gasteiger partial charge in [0.05, 0.1) is 25.6 Å². The number of anilines is 1. The van der Waals surface area contributed by atoms with Crippen molar-refractivity contribution in [2.45, 2.75) is 31.5 Å². The number of nitrogens with zero attached hydrogens (tertiary/aromatic N) is 2. The molecule has 2 N–H and O–H groups in total. The van der Waals surface area contributed by atoms with Gasteiger partial charge in [-0.3, -0.25) is 4.79 Å². The normalized spacial score (nSPS) is 16.0. The summed E-state index contributed by atoms with van der Waals surface area (Å²) in [5.41, 5.74) is -2.20. The van der Waals surface area contributed by atoms with Crippen molar-refractivity contribution in [1.82, 2.24) is 10.2 Å². The molecule has 1 heterocycles. The molecule has 3 amide bonds. The summed E-state index contributed by atoms with van der Waals surface area (Å²) in [5, 5.41) is 13.8. The molecule has 0 aliphatic carbocycles. The van der Waals surface area contributed by atoms with Crippen LogP contribution in [0.15, 0.2) is 30.3 Å². The van der Waals surface area contributed by atoms with Gasteiger partial charge in [0.15, 0.2) is 5.67 Å². The lowest BCUT2D eigenvalue weighted by Gasteiger charge is -2.46. The number of para-hydroxylation sites is 1. The van der Waals surface area contributed by atoms with Crippen LogP contribution in [-0.2, 0) is 4.79 Å². The van der Waals surface area contributed by atoms with E-state index in [-0.39, 0.29) is 25.4 Å². The number of nitriles is 1. The maximum absolute atomic E-state index is 13.9. The first-order chi connectivity index (χ1) is 10.8. The second kappa shape index (κ2) is 6.24. The summed E-state index contributed by atoms with van der Waals surface area (Å²) in [4.78, 5) is 25.6. The van der Waals surface area contributed by atoms with Gasteiger partial charge in [0.2, 0.25) is 5.91 Å². The molecule has 23 heavy (non-hydrogen) atoms. The van der Waals surface area contributed by atoms with E-state index >= 15 is 0 Å². The third kappa shape index (κ3) is 3.97. The minimum absolute atomic E-state index is 0.120. The van der Waals surface area contributed by atoms with Gasteiger partial charge in [-0.15, -0.1) is 0 Å². The molecule has 1 aromatic rings. The standard InChI is InChI=1S/C16H19FN4O2/c1-15(2,13(22)21-10-16(17,11-21)8-9-18)20-14(23)19-12-6-4-3-5-7-12/h3-7H,8,10-11H2,1-2H3,(H2,19,20,23). The number of amides is 3. The average molecular weight is 318 g/mol. The van der Waals surface area contributed by atoms with Crippen LogP contribution >= 0.6 is 0 Å². The maximum Gasteiger partial charge on any atom is 0.320 e. The molecule has 0 atom stereocenters. The van der Waals surface area contributed by atoms with Gasteiger partial charge in [-0.1, -0.05) is 18.2 Å². The van der Waals surface area contributed by atoms with Gasteiger partial charge in [0.1, 0.15) is 5.54 Å². The van der Waals surface area contributed by atoms with Gasteiger partial charge >= 0.3 is 6.03 Å². The number of carbonyl (C=O) groups is 2. The van der Waals surface area contributed by atoms with E-state index in [0.29, 0.717) is 5.69 Å². The second-order valence-corrected chi connectivity index (χ2v) is 6.22. The summed E-state index contributed by atoms with van der Waals surface area (Å²) in [6.45, 7) is 2.88. The average Bonchev–Trinajstić information content (AvgIpc) is 2.44. The largest absolute Gasteiger partial charge is 0.334 e. The molecule has 1 aliphatic heterocycles. The summed E-state index contributed by atoms with van der Waals surface area (Å²) < 4.78 is 13.9. The molecule has 1 saturated heterocycles. The molecule has 0 bridgehead atoms. The SMILES string of the molecule is CC(C)(NC(=O)Nc1ccccc1)C(=O)N1CC(F)(CC#N)C1. The number of benzene rings is 1. The Balaban J connectivity index is 1.90. The van der Waals surface area contributed by atoms with E-state index in [1.165, 1.54) is 4.90 Å². The van der Waals surface area contributed by atoms with E-state index in [2.05, 4.69) is 10.6 Å². The van der Waals surface area contributed by atoms with E-state index in [9.17, 15) is 14.0 Å². The highest BCUT2D eigenvalue weighted by atomic mass is 19.1. The number of hydrogen-bond donors (Lipinski definition) is 2. The van der Waals surface area contributed by atoms with Crippen LogP contribution in [0, 0.1) is 11.3 Å². The smallest absolute Gasteiger partial charge is 0.320 e. The first-order valence-electron chi connectivity index (χ1n) is 7.25. The molecular formula is C16H19FN4O2. The van der Waals surface area contributed by atoms with Crippen molar-refractivity contribution in [3.63, 3.8) is 0 Å². The lowest BCUT2D eigenvalue weighted by molar-refractivity contribution is -0.150. The van der Waals surface area contributed by atoms with Crippen molar-refractivity contribution in [3.05, 3.63) is 30.3 Å². The fourth-order valence-corrected chi connectivity index (χ4v) is 2.45. The highest BCUT2D eigenvalue weighted by Gasteiger charge is 2.49. The van der Waals surface area contributed by atoms with Crippen molar-refractivity contribution in [3.8, 4) is 6.07 Å². The van der Waals surface area contributed by atoms with Crippen LogP contribution < -0.4 is 10.6 Å². The molecule has 7 heteroatoms. The van der Waals surface area contributed by atoms with Crippen LogP contribution in [-0.4, -0.2) is 41.1 Å². The van der Waals surface area contributed by atoms with Crippen molar-refractivity contribution in [1.29, 1.82) is 5.26 Å². The Morgan fingerprint density at radius 3 is 2.52 bits per heavy atom. The molecule has 0 radical (unpaired) electrons. The number of urea groups is 1. The Bertz CT molecular complexity index is 633. The van der Waals surface area contributed by atoms with Crippen LogP contribution in [0.3, 0.4) is 0 Å². The monoisotopic (exact) mass is 318 g/mol. The number of nitrogens with one attached hydrogen (secondary N) is 2. The van der Waals surface area contributed by atoms with Gasteiger partial charge in [-0.2, -0.15) is 5.26 Å². The quantitative estimate of drug-likeness (QED) is 0.891. The minimum atomic E-state index is -1.63. The molecule has 1 fully saturated rings. The molecular weight excluding hydrogens is 299 g/mol. The molecule has 2 rings (SSSR count). The molecule has 0 spiro atoms. The van der Waals surface area contributed by atoms with E-state index in [0.717, 1.165) is 0 Å². The Labute approximate surface area is 134 Å². The lowest BCUT2D eigenvalue weighted by Crippen LogP contribution is -2.67. The lowest BCUT2D eigenvalue weighted by atomic mass is 9.90. The maximum atomic E-state index is 13.9. The predicted octanol–water partition coefficient (Wildman–Crippen LogP) is 2.05. The molecule has 0 unspecified atom stereocenters. The van der Waals surface area contributed by atoms with Crippen LogP contribution in [0.1, 0.15) is 20.3 Å². The molecule has 6 nitrogen and oxygen atoms in total. The van der Waals surface area contributed by atoms with Crippen molar-refractivity contribution in [2.24, 2.45) is 0 Å². The number of carbonyl (C=O) groups excluding carboxylic acids is 2. The molecule has 1 aliphatic rings. The van der Waals surface area contributed by atoms with Crippen LogP contribution in [0.2, 0.25) is 0 Å². The zero-order chi connectivity index (χ0) is 17.1.